The molecule has 1 N–H and O–H groups in total. The van der Waals surface area contributed by atoms with Crippen molar-refractivity contribution in [1.82, 2.24) is 5.32 Å². The molecule has 1 saturated heterocycles. The Morgan fingerprint density at radius 3 is 2.35 bits per heavy atom. The Morgan fingerprint density at radius 2 is 1.65 bits per heavy atom. The summed E-state index contributed by atoms with van der Waals surface area (Å²) >= 11 is 0. The number of ether oxygens (including phenoxy) is 2. The van der Waals surface area contributed by atoms with Crippen molar-refractivity contribution in [3.05, 3.63) is 89.5 Å². The molecule has 0 aromatic heterocycles. The molecule has 0 saturated carbocycles. The number of nitrogens with zero attached hydrogens (tertiary/aromatic N) is 1. The minimum atomic E-state index is -3.91. The maximum atomic E-state index is 13.7. The highest BCUT2D eigenvalue weighted by atomic mass is 32.2. The molecule has 0 aliphatic carbocycles. The summed E-state index contributed by atoms with van der Waals surface area (Å²) in [7, 11) is -3.91. The van der Waals surface area contributed by atoms with E-state index < -0.39 is 16.1 Å². The number of hydrogen-bond acceptors (Lipinski definition) is 5. The number of nitrogens with one attached hydrogen (secondary N) is 1. The SMILES string of the molecule is Cc1ccc(S(=O)(=O)N2C[C@@H](C(=O)NCC3(c4ccccc4)CCOCC3)Oc3cc(C)ccc32)cc1. The number of hydrogen-bond donors (Lipinski definition) is 1. The first-order chi connectivity index (χ1) is 17.8. The fourth-order valence-corrected chi connectivity index (χ4v) is 6.53. The number of sulfonamides is 1. The van der Waals surface area contributed by atoms with Crippen molar-refractivity contribution >= 4 is 21.6 Å². The van der Waals surface area contributed by atoms with Gasteiger partial charge in [-0.3, -0.25) is 9.10 Å². The third-order valence-corrected chi connectivity index (χ3v) is 9.12. The predicted molar refractivity (Wildman–Crippen MR) is 142 cm³/mol. The Kier molecular flexibility index (Phi) is 6.96. The summed E-state index contributed by atoms with van der Waals surface area (Å²) in [5.41, 5.74) is 3.23. The molecule has 194 valence electrons. The number of fused-ring (bicyclic) bond motifs is 1. The van der Waals surface area contributed by atoms with Crippen LogP contribution in [0.4, 0.5) is 5.69 Å². The second kappa shape index (κ2) is 10.2. The first-order valence-electron chi connectivity index (χ1n) is 12.6. The number of rotatable bonds is 6. The molecule has 2 heterocycles. The highest BCUT2D eigenvalue weighted by Gasteiger charge is 2.40. The van der Waals surface area contributed by atoms with Crippen molar-refractivity contribution in [1.29, 1.82) is 0 Å². The van der Waals surface area contributed by atoms with Gasteiger partial charge < -0.3 is 14.8 Å². The van der Waals surface area contributed by atoms with Crippen LogP contribution >= 0.6 is 0 Å². The summed E-state index contributed by atoms with van der Waals surface area (Å²) in [5, 5.41) is 3.09. The van der Waals surface area contributed by atoms with Crippen LogP contribution in [-0.2, 0) is 25.0 Å². The van der Waals surface area contributed by atoms with Crippen molar-refractivity contribution < 1.29 is 22.7 Å². The second-order valence-electron chi connectivity index (χ2n) is 9.90. The molecule has 3 aromatic carbocycles. The zero-order valence-electron chi connectivity index (χ0n) is 21.1. The summed E-state index contributed by atoms with van der Waals surface area (Å²) in [6.45, 7) is 5.37. The Labute approximate surface area is 218 Å². The van der Waals surface area contributed by atoms with Crippen LogP contribution < -0.4 is 14.4 Å². The van der Waals surface area contributed by atoms with Gasteiger partial charge in [0, 0.05) is 25.2 Å². The summed E-state index contributed by atoms with van der Waals surface area (Å²) in [6.07, 6.45) is 0.597. The van der Waals surface area contributed by atoms with Gasteiger partial charge in [0.2, 0.25) is 0 Å². The fraction of sp³-hybridized carbons (Fsp3) is 0.345. The van der Waals surface area contributed by atoms with E-state index >= 15 is 0 Å². The summed E-state index contributed by atoms with van der Waals surface area (Å²) < 4.78 is 40.4. The van der Waals surface area contributed by atoms with E-state index in [0.717, 1.165) is 29.5 Å². The molecule has 7 nitrogen and oxygen atoms in total. The van der Waals surface area contributed by atoms with Crippen LogP contribution in [0.15, 0.2) is 77.7 Å². The van der Waals surface area contributed by atoms with Gasteiger partial charge in [-0.05, 0) is 62.1 Å². The molecular formula is C29H32N2O5S. The third-order valence-electron chi connectivity index (χ3n) is 7.32. The van der Waals surface area contributed by atoms with E-state index in [1.807, 2.05) is 38.1 Å². The van der Waals surface area contributed by atoms with Crippen molar-refractivity contribution in [2.45, 2.75) is 43.1 Å². The minimum absolute atomic E-state index is 0.112. The number of carbonyl (C=O) groups is 1. The van der Waals surface area contributed by atoms with Gasteiger partial charge in [-0.2, -0.15) is 0 Å². The van der Waals surface area contributed by atoms with E-state index in [-0.39, 0.29) is 22.8 Å². The van der Waals surface area contributed by atoms with Crippen LogP contribution in [0.2, 0.25) is 0 Å². The number of amides is 1. The van der Waals surface area contributed by atoms with Gasteiger partial charge in [0.05, 0.1) is 17.1 Å². The molecule has 8 heteroatoms. The Bertz CT molecular complexity index is 1370. The molecule has 2 aliphatic rings. The molecule has 0 spiro atoms. The molecule has 1 amide bonds. The van der Waals surface area contributed by atoms with Crippen molar-refractivity contribution in [2.24, 2.45) is 0 Å². The van der Waals surface area contributed by atoms with Crippen molar-refractivity contribution in [3.8, 4) is 5.75 Å². The number of anilines is 1. The Morgan fingerprint density at radius 1 is 0.973 bits per heavy atom. The molecule has 1 atom stereocenters. The van der Waals surface area contributed by atoms with Gasteiger partial charge >= 0.3 is 0 Å². The maximum absolute atomic E-state index is 13.7. The van der Waals surface area contributed by atoms with Crippen LogP contribution in [0.1, 0.15) is 29.5 Å². The highest BCUT2D eigenvalue weighted by molar-refractivity contribution is 7.92. The minimum Gasteiger partial charge on any atom is -0.476 e. The van der Waals surface area contributed by atoms with Crippen molar-refractivity contribution in [2.75, 3.05) is 30.6 Å². The van der Waals surface area contributed by atoms with Crippen LogP contribution in [-0.4, -0.2) is 46.7 Å². The first kappa shape index (κ1) is 25.3. The number of carbonyl (C=O) groups excluding carboxylic acids is 1. The Hall–Kier alpha value is -3.36. The van der Waals surface area contributed by atoms with Gasteiger partial charge in [0.25, 0.3) is 15.9 Å². The molecule has 0 unspecified atom stereocenters. The topological polar surface area (TPSA) is 84.9 Å². The van der Waals surface area contributed by atoms with Crippen molar-refractivity contribution in [3.63, 3.8) is 0 Å². The van der Waals surface area contributed by atoms with E-state index in [2.05, 4.69) is 17.4 Å². The van der Waals surface area contributed by atoms with Gasteiger partial charge in [-0.1, -0.05) is 54.1 Å². The molecule has 1 fully saturated rings. The second-order valence-corrected chi connectivity index (χ2v) is 11.8. The lowest BCUT2D eigenvalue weighted by Crippen LogP contribution is -2.53. The molecule has 0 bridgehead atoms. The molecular weight excluding hydrogens is 488 g/mol. The van der Waals surface area contributed by atoms with Gasteiger partial charge in [0.1, 0.15) is 5.75 Å². The number of aryl methyl sites for hydroxylation is 2. The standard InChI is InChI=1S/C29H32N2O5S/c1-21-8-11-24(12-9-21)37(33,34)31-19-27(36-26-18-22(2)10-13-25(26)31)28(32)30-20-29(14-16-35-17-15-29)23-6-4-3-5-7-23/h3-13,18,27H,14-17,19-20H2,1-2H3,(H,30,32)/t27-/m0/s1. The smallest absolute Gasteiger partial charge is 0.264 e. The number of benzene rings is 3. The largest absolute Gasteiger partial charge is 0.476 e. The summed E-state index contributed by atoms with van der Waals surface area (Å²) in [4.78, 5) is 13.7. The zero-order chi connectivity index (χ0) is 26.0. The monoisotopic (exact) mass is 520 g/mol. The lowest BCUT2D eigenvalue weighted by Gasteiger charge is -2.39. The summed E-state index contributed by atoms with van der Waals surface area (Å²) in [6, 6.07) is 22.2. The Balaban J connectivity index is 1.41. The van der Waals surface area contributed by atoms with Gasteiger partial charge in [-0.25, -0.2) is 8.42 Å². The molecule has 37 heavy (non-hydrogen) atoms. The highest BCUT2D eigenvalue weighted by Crippen LogP contribution is 2.38. The van der Waals surface area contributed by atoms with Crippen LogP contribution in [0.3, 0.4) is 0 Å². The van der Waals surface area contributed by atoms with Crippen LogP contribution in [0.25, 0.3) is 0 Å². The van der Waals surface area contributed by atoms with Crippen LogP contribution in [0, 0.1) is 13.8 Å². The third kappa shape index (κ3) is 5.08. The normalized spacial score (nSPS) is 19.0. The van der Waals surface area contributed by atoms with E-state index in [9.17, 15) is 13.2 Å². The first-order valence-corrected chi connectivity index (χ1v) is 14.0. The van der Waals surface area contributed by atoms with E-state index in [4.69, 9.17) is 9.47 Å². The van der Waals surface area contributed by atoms with E-state index in [1.54, 1.807) is 36.4 Å². The molecule has 2 aliphatic heterocycles. The van der Waals surface area contributed by atoms with Crippen LogP contribution in [0.5, 0.6) is 5.75 Å². The zero-order valence-corrected chi connectivity index (χ0v) is 22.0. The van der Waals surface area contributed by atoms with E-state index in [0.29, 0.717) is 31.2 Å². The average Bonchev–Trinajstić information content (AvgIpc) is 2.92. The molecule has 3 aromatic rings. The van der Waals surface area contributed by atoms with Gasteiger partial charge in [0.15, 0.2) is 6.10 Å². The molecule has 5 rings (SSSR count). The molecule has 0 radical (unpaired) electrons. The average molecular weight is 521 g/mol. The lowest BCUT2D eigenvalue weighted by molar-refractivity contribution is -0.128. The quantitative estimate of drug-likeness (QED) is 0.529. The lowest BCUT2D eigenvalue weighted by atomic mass is 9.74. The summed E-state index contributed by atoms with van der Waals surface area (Å²) in [5.74, 6) is 0.0454. The van der Waals surface area contributed by atoms with Gasteiger partial charge in [-0.15, -0.1) is 0 Å². The predicted octanol–water partition coefficient (Wildman–Crippen LogP) is 4.12. The van der Waals surface area contributed by atoms with E-state index in [1.165, 1.54) is 4.31 Å². The maximum Gasteiger partial charge on any atom is 0.264 e. The fourth-order valence-electron chi connectivity index (χ4n) is 5.05.